The molecular weight excluding hydrogens is 562 g/mol. The molecule has 226 valence electrons. The van der Waals surface area contributed by atoms with Gasteiger partial charge in [-0.15, -0.1) is 0 Å². The van der Waals surface area contributed by atoms with Gasteiger partial charge in [-0.05, 0) is 76.3 Å². The number of carbonyl (C=O) groups is 1. The smallest absolute Gasteiger partial charge is 0.251 e. The minimum absolute atomic E-state index is 0.111. The third kappa shape index (κ3) is 6.68. The third-order valence-electron chi connectivity index (χ3n) is 8.16. The van der Waals surface area contributed by atoms with Crippen molar-refractivity contribution in [3.05, 3.63) is 81.8 Å². The van der Waals surface area contributed by atoms with Gasteiger partial charge in [0.15, 0.2) is 0 Å². The number of anilines is 2. The van der Waals surface area contributed by atoms with Gasteiger partial charge in [0.1, 0.15) is 5.75 Å². The van der Waals surface area contributed by atoms with Crippen molar-refractivity contribution < 1.29 is 9.53 Å². The quantitative estimate of drug-likeness (QED) is 0.301. The highest BCUT2D eigenvalue weighted by Crippen LogP contribution is 2.34. The molecular formula is C33H40ClN7O2. The van der Waals surface area contributed by atoms with E-state index in [-0.39, 0.29) is 17.5 Å². The molecule has 1 fully saturated rings. The standard InChI is InChI=1S/C33H40ClN7O2/c1-33(2,3)41-16-14-22(15-17-41)38-31(42)20-11-13-26(27(18-20)43-5)39-32-37-19-21-10-12-25(35)28(29(21)40-32)30(36-4)23-8-6-7-9-24(23)34/h6-9,11,13,18-19,22H,10,12,14-17,35H2,1-5H3,(H,38,42)(H,37,39,40). The number of halogens is 1. The van der Waals surface area contributed by atoms with E-state index < -0.39 is 0 Å². The van der Waals surface area contributed by atoms with Crippen LogP contribution in [0.25, 0.3) is 5.57 Å². The lowest BCUT2D eigenvalue weighted by Gasteiger charge is -2.41. The lowest BCUT2D eigenvalue weighted by molar-refractivity contribution is 0.0812. The SMILES string of the molecule is CN=C(C1=C(N)CCc2cnc(Nc3ccc(C(=O)NC4CCN(C(C)(C)C)CC4)cc3OC)nc21)c1ccccc1Cl. The first-order valence-corrected chi connectivity index (χ1v) is 15.0. The molecule has 1 amide bonds. The predicted molar refractivity (Wildman–Crippen MR) is 173 cm³/mol. The number of benzene rings is 2. The zero-order valence-corrected chi connectivity index (χ0v) is 26.3. The van der Waals surface area contributed by atoms with Crippen molar-refractivity contribution in [3.8, 4) is 5.75 Å². The van der Waals surface area contributed by atoms with Gasteiger partial charge in [0, 0.05) is 65.3 Å². The topological polar surface area (TPSA) is 118 Å². The number of rotatable bonds is 7. The van der Waals surface area contributed by atoms with Crippen LogP contribution in [0.15, 0.2) is 59.4 Å². The number of allylic oxidation sites excluding steroid dienone is 2. The number of piperidine rings is 1. The van der Waals surface area contributed by atoms with Crippen LogP contribution in [0.4, 0.5) is 11.6 Å². The number of aryl methyl sites for hydroxylation is 1. The summed E-state index contributed by atoms with van der Waals surface area (Å²) in [6, 6.07) is 13.1. The Kier molecular flexibility index (Phi) is 9.03. The van der Waals surface area contributed by atoms with Crippen molar-refractivity contribution in [2.24, 2.45) is 10.7 Å². The number of nitrogens with zero attached hydrogens (tertiary/aromatic N) is 4. The molecule has 3 aromatic rings. The van der Waals surface area contributed by atoms with Crippen molar-refractivity contribution in [1.82, 2.24) is 20.2 Å². The van der Waals surface area contributed by atoms with E-state index in [9.17, 15) is 4.79 Å². The summed E-state index contributed by atoms with van der Waals surface area (Å²) in [5.41, 5.74) is 12.5. The molecule has 9 nitrogen and oxygen atoms in total. The number of carbonyl (C=O) groups excluding carboxylic acids is 1. The first-order chi connectivity index (χ1) is 20.6. The summed E-state index contributed by atoms with van der Waals surface area (Å²) in [7, 11) is 3.30. The Labute approximate surface area is 258 Å². The summed E-state index contributed by atoms with van der Waals surface area (Å²) in [6.45, 7) is 8.62. The van der Waals surface area contributed by atoms with Gasteiger partial charge in [-0.25, -0.2) is 9.97 Å². The Morgan fingerprint density at radius 1 is 1.14 bits per heavy atom. The molecule has 1 aliphatic carbocycles. The van der Waals surface area contributed by atoms with Crippen LogP contribution in [0, 0.1) is 0 Å². The molecule has 2 aromatic carbocycles. The summed E-state index contributed by atoms with van der Waals surface area (Å²) < 4.78 is 5.66. The Balaban J connectivity index is 1.35. The molecule has 0 bridgehead atoms. The van der Waals surface area contributed by atoms with Crippen LogP contribution >= 0.6 is 11.6 Å². The maximum Gasteiger partial charge on any atom is 0.251 e. The molecule has 0 unspecified atom stereocenters. The van der Waals surface area contributed by atoms with Crippen molar-refractivity contribution in [2.45, 2.75) is 58.0 Å². The fourth-order valence-corrected chi connectivity index (χ4v) is 5.94. The van der Waals surface area contributed by atoms with Crippen LogP contribution in [-0.4, -0.2) is 65.3 Å². The number of nitrogens with two attached hydrogens (primary N) is 1. The molecule has 0 atom stereocenters. The summed E-state index contributed by atoms with van der Waals surface area (Å²) >= 11 is 6.54. The van der Waals surface area contributed by atoms with E-state index in [0.29, 0.717) is 51.5 Å². The normalized spacial score (nSPS) is 16.6. The van der Waals surface area contributed by atoms with Gasteiger partial charge in [0.25, 0.3) is 5.91 Å². The van der Waals surface area contributed by atoms with Crippen LogP contribution in [0.2, 0.25) is 5.02 Å². The van der Waals surface area contributed by atoms with Crippen LogP contribution in [0.3, 0.4) is 0 Å². The molecule has 1 saturated heterocycles. The highest BCUT2D eigenvalue weighted by Gasteiger charge is 2.28. The Morgan fingerprint density at radius 2 is 1.88 bits per heavy atom. The summed E-state index contributed by atoms with van der Waals surface area (Å²) in [5, 5.41) is 7.06. The molecule has 2 heterocycles. The molecule has 0 radical (unpaired) electrons. The number of fused-ring (bicyclic) bond motifs is 1. The lowest BCUT2D eigenvalue weighted by Crippen LogP contribution is -2.50. The van der Waals surface area contributed by atoms with Gasteiger partial charge in [-0.1, -0.05) is 29.8 Å². The van der Waals surface area contributed by atoms with Gasteiger partial charge >= 0.3 is 0 Å². The summed E-state index contributed by atoms with van der Waals surface area (Å²) in [4.78, 5) is 29.6. The van der Waals surface area contributed by atoms with Gasteiger partial charge in [0.2, 0.25) is 5.95 Å². The molecule has 10 heteroatoms. The monoisotopic (exact) mass is 601 g/mol. The molecule has 0 saturated carbocycles. The summed E-state index contributed by atoms with van der Waals surface area (Å²) in [6.07, 6.45) is 5.08. The maximum absolute atomic E-state index is 13.1. The first kappa shape index (κ1) is 30.5. The zero-order valence-electron chi connectivity index (χ0n) is 25.5. The highest BCUT2D eigenvalue weighted by atomic mass is 35.5. The van der Waals surface area contributed by atoms with Crippen LogP contribution in [-0.2, 0) is 6.42 Å². The van der Waals surface area contributed by atoms with E-state index >= 15 is 0 Å². The average molecular weight is 602 g/mol. The molecule has 1 aliphatic heterocycles. The fourth-order valence-electron chi connectivity index (χ4n) is 5.72. The number of likely N-dealkylation sites (tertiary alicyclic amines) is 1. The van der Waals surface area contributed by atoms with Gasteiger partial charge in [-0.2, -0.15) is 0 Å². The number of hydrogen-bond acceptors (Lipinski definition) is 8. The third-order valence-corrected chi connectivity index (χ3v) is 8.49. The van der Waals surface area contributed by atoms with Crippen molar-refractivity contribution in [1.29, 1.82) is 0 Å². The zero-order chi connectivity index (χ0) is 30.7. The van der Waals surface area contributed by atoms with Gasteiger partial charge in [-0.3, -0.25) is 14.7 Å². The Bertz CT molecular complexity index is 1570. The second-order valence-corrected chi connectivity index (χ2v) is 12.4. The number of nitrogens with one attached hydrogen (secondary N) is 2. The number of amides is 1. The second kappa shape index (κ2) is 12.7. The second-order valence-electron chi connectivity index (χ2n) is 12.0. The summed E-state index contributed by atoms with van der Waals surface area (Å²) in [5.74, 6) is 0.778. The number of aromatic nitrogens is 2. The minimum atomic E-state index is -0.111. The molecule has 4 N–H and O–H groups in total. The van der Waals surface area contributed by atoms with E-state index in [1.165, 1.54) is 0 Å². The van der Waals surface area contributed by atoms with E-state index in [4.69, 9.17) is 27.1 Å². The maximum atomic E-state index is 13.1. The van der Waals surface area contributed by atoms with E-state index in [1.807, 2.05) is 36.5 Å². The van der Waals surface area contributed by atoms with Gasteiger partial charge in [0.05, 0.1) is 24.2 Å². The number of ether oxygens (including phenoxy) is 1. The van der Waals surface area contributed by atoms with Gasteiger partial charge < -0.3 is 21.1 Å². The first-order valence-electron chi connectivity index (χ1n) is 14.7. The highest BCUT2D eigenvalue weighted by molar-refractivity contribution is 6.40. The van der Waals surface area contributed by atoms with Crippen molar-refractivity contribution in [3.63, 3.8) is 0 Å². The minimum Gasteiger partial charge on any atom is -0.495 e. The molecule has 43 heavy (non-hydrogen) atoms. The molecule has 5 rings (SSSR count). The molecule has 0 spiro atoms. The predicted octanol–water partition coefficient (Wildman–Crippen LogP) is 5.61. The Morgan fingerprint density at radius 3 is 2.56 bits per heavy atom. The molecule has 1 aromatic heterocycles. The molecule has 2 aliphatic rings. The fraction of sp³-hybridized carbons (Fsp3) is 0.394. The lowest BCUT2D eigenvalue weighted by atomic mass is 9.88. The van der Waals surface area contributed by atoms with E-state index in [0.717, 1.165) is 49.1 Å². The van der Waals surface area contributed by atoms with Crippen molar-refractivity contribution >= 4 is 40.4 Å². The number of methoxy groups -OCH3 is 1. The average Bonchev–Trinajstić information content (AvgIpc) is 2.99. The van der Waals surface area contributed by atoms with Crippen LogP contribution in [0.5, 0.6) is 5.75 Å². The van der Waals surface area contributed by atoms with Crippen LogP contribution < -0.4 is 21.1 Å². The largest absolute Gasteiger partial charge is 0.495 e. The number of aliphatic imine (C=N–C) groups is 1. The number of hydrogen-bond donors (Lipinski definition) is 3. The van der Waals surface area contributed by atoms with E-state index in [2.05, 4.69) is 46.3 Å². The van der Waals surface area contributed by atoms with Crippen molar-refractivity contribution in [2.75, 3.05) is 32.6 Å². The van der Waals surface area contributed by atoms with Crippen LogP contribution in [0.1, 0.15) is 67.2 Å². The van der Waals surface area contributed by atoms with E-state index in [1.54, 1.807) is 26.3 Å². The Hall–Kier alpha value is -3.95.